The molecule has 0 aromatic heterocycles. The highest BCUT2D eigenvalue weighted by atomic mass is 35.5. The number of halogens is 2. The highest BCUT2D eigenvalue weighted by Crippen LogP contribution is 2.32. The van der Waals surface area contributed by atoms with Crippen LogP contribution in [0.4, 0.5) is 14.9 Å². The lowest BCUT2D eigenvalue weighted by Crippen LogP contribution is -2.59. The second kappa shape index (κ2) is 11.3. The molecule has 1 unspecified atom stereocenters. The minimum absolute atomic E-state index is 0.137. The molecule has 0 bridgehead atoms. The summed E-state index contributed by atoms with van der Waals surface area (Å²) < 4.78 is 13.0. The number of urea groups is 1. The Morgan fingerprint density at radius 3 is 2.49 bits per heavy atom. The van der Waals surface area contributed by atoms with Gasteiger partial charge in [0.15, 0.2) is 5.78 Å². The SMILES string of the molecule is CC(C)[C@@H](C(=O)NC(CC(=O)O)C(=O)CF)N1Cc2ccccc2N(Cc2cccc(Cl)c2)C1=O. The van der Waals surface area contributed by atoms with Crippen LogP contribution in [0.25, 0.3) is 0 Å². The molecule has 0 spiro atoms. The third-order valence-corrected chi connectivity index (χ3v) is 6.02. The number of benzene rings is 2. The van der Waals surface area contributed by atoms with Crippen LogP contribution in [0.3, 0.4) is 0 Å². The fraction of sp³-hybridized carbons (Fsp3) is 0.360. The number of anilines is 1. The van der Waals surface area contributed by atoms with Crippen molar-refractivity contribution in [3.05, 3.63) is 64.7 Å². The van der Waals surface area contributed by atoms with Crippen LogP contribution >= 0.6 is 11.6 Å². The summed E-state index contributed by atoms with van der Waals surface area (Å²) >= 11 is 6.12. The van der Waals surface area contributed by atoms with Crippen molar-refractivity contribution in [2.45, 2.75) is 45.4 Å². The van der Waals surface area contributed by atoms with Gasteiger partial charge in [0.1, 0.15) is 18.8 Å². The van der Waals surface area contributed by atoms with Crippen LogP contribution in [0.5, 0.6) is 0 Å². The van der Waals surface area contributed by atoms with E-state index < -0.39 is 48.9 Å². The maximum atomic E-state index is 13.7. The maximum Gasteiger partial charge on any atom is 0.325 e. The number of ketones is 1. The monoisotopic (exact) mass is 503 g/mol. The third kappa shape index (κ3) is 6.16. The number of Topliss-reactive ketones (excluding diaryl/α,β-unsaturated/α-hetero) is 1. The minimum Gasteiger partial charge on any atom is -0.481 e. The van der Waals surface area contributed by atoms with Crippen molar-refractivity contribution < 1.29 is 28.7 Å². The van der Waals surface area contributed by atoms with Crippen LogP contribution < -0.4 is 10.2 Å². The zero-order chi connectivity index (χ0) is 25.7. The molecule has 35 heavy (non-hydrogen) atoms. The van der Waals surface area contributed by atoms with Gasteiger partial charge >= 0.3 is 12.0 Å². The number of carboxylic acids is 1. The lowest BCUT2D eigenvalue weighted by atomic mass is 9.97. The summed E-state index contributed by atoms with van der Waals surface area (Å²) in [6.45, 7) is 2.42. The second-order valence-electron chi connectivity index (χ2n) is 8.70. The highest BCUT2D eigenvalue weighted by molar-refractivity contribution is 6.30. The summed E-state index contributed by atoms with van der Waals surface area (Å²) in [5.41, 5.74) is 2.31. The summed E-state index contributed by atoms with van der Waals surface area (Å²) in [7, 11) is 0. The number of hydrogen-bond acceptors (Lipinski definition) is 4. The first kappa shape index (κ1) is 26.2. The van der Waals surface area contributed by atoms with E-state index in [9.17, 15) is 23.6 Å². The van der Waals surface area contributed by atoms with E-state index in [1.165, 1.54) is 4.90 Å². The number of nitrogens with one attached hydrogen (secondary N) is 1. The molecule has 3 rings (SSSR count). The molecule has 0 fully saturated rings. The van der Waals surface area contributed by atoms with E-state index >= 15 is 0 Å². The molecule has 3 amide bonds. The van der Waals surface area contributed by atoms with Gasteiger partial charge in [0, 0.05) is 5.02 Å². The first-order valence-electron chi connectivity index (χ1n) is 11.1. The molecule has 0 aliphatic carbocycles. The molecule has 186 valence electrons. The van der Waals surface area contributed by atoms with Crippen LogP contribution in [-0.2, 0) is 27.5 Å². The highest BCUT2D eigenvalue weighted by Gasteiger charge is 2.40. The lowest BCUT2D eigenvalue weighted by Gasteiger charge is -2.42. The van der Waals surface area contributed by atoms with E-state index in [0.717, 1.165) is 11.1 Å². The predicted octanol–water partition coefficient (Wildman–Crippen LogP) is 3.80. The molecule has 10 heteroatoms. The molecule has 0 saturated carbocycles. The van der Waals surface area contributed by atoms with Crippen molar-refractivity contribution in [3.8, 4) is 0 Å². The van der Waals surface area contributed by atoms with Gasteiger partial charge in [-0.3, -0.25) is 19.3 Å². The molecule has 1 aliphatic heterocycles. The summed E-state index contributed by atoms with van der Waals surface area (Å²) in [5.74, 6) is -3.50. The van der Waals surface area contributed by atoms with Gasteiger partial charge in [-0.25, -0.2) is 9.18 Å². The number of nitrogens with zero attached hydrogens (tertiary/aromatic N) is 2. The summed E-state index contributed by atoms with van der Waals surface area (Å²) in [5, 5.41) is 12.0. The van der Waals surface area contributed by atoms with Crippen molar-refractivity contribution in [2.75, 3.05) is 11.6 Å². The Morgan fingerprint density at radius 2 is 1.86 bits per heavy atom. The normalized spacial score (nSPS) is 14.9. The van der Waals surface area contributed by atoms with Crippen molar-refractivity contribution in [1.82, 2.24) is 10.2 Å². The van der Waals surface area contributed by atoms with Crippen molar-refractivity contribution in [3.63, 3.8) is 0 Å². The molecular formula is C25H27ClFN3O5. The number of carbonyl (C=O) groups excluding carboxylic acids is 3. The van der Waals surface area contributed by atoms with Gasteiger partial charge in [-0.05, 0) is 35.2 Å². The van der Waals surface area contributed by atoms with Crippen molar-refractivity contribution >= 4 is 41.0 Å². The smallest absolute Gasteiger partial charge is 0.325 e. The van der Waals surface area contributed by atoms with Crippen LogP contribution in [0.1, 0.15) is 31.4 Å². The third-order valence-electron chi connectivity index (χ3n) is 5.78. The van der Waals surface area contributed by atoms with Crippen molar-refractivity contribution in [1.29, 1.82) is 0 Å². The van der Waals surface area contributed by atoms with Gasteiger partial charge in [0.2, 0.25) is 5.91 Å². The number of fused-ring (bicyclic) bond motifs is 1. The first-order valence-corrected chi connectivity index (χ1v) is 11.5. The average Bonchev–Trinajstić information content (AvgIpc) is 2.80. The van der Waals surface area contributed by atoms with Gasteiger partial charge < -0.3 is 15.3 Å². The number of carbonyl (C=O) groups is 4. The average molecular weight is 504 g/mol. The molecule has 2 aromatic rings. The molecule has 1 heterocycles. The Balaban J connectivity index is 1.94. The number of rotatable bonds is 10. The number of hydrogen-bond donors (Lipinski definition) is 2. The van der Waals surface area contributed by atoms with Gasteiger partial charge in [0.25, 0.3) is 0 Å². The number of amides is 3. The summed E-state index contributed by atoms with van der Waals surface area (Å²) in [6, 6.07) is 11.5. The van der Waals surface area contributed by atoms with Gasteiger partial charge in [-0.2, -0.15) is 0 Å². The summed E-state index contributed by atoms with van der Waals surface area (Å²) in [4.78, 5) is 52.9. The van der Waals surface area contributed by atoms with Crippen LogP contribution in [0, 0.1) is 5.92 Å². The molecule has 0 saturated heterocycles. The first-order chi connectivity index (χ1) is 16.6. The summed E-state index contributed by atoms with van der Waals surface area (Å²) in [6.07, 6.45) is -0.753. The maximum absolute atomic E-state index is 13.7. The van der Waals surface area contributed by atoms with Crippen LogP contribution in [0.2, 0.25) is 5.02 Å². The Labute approximate surface area is 207 Å². The van der Waals surface area contributed by atoms with E-state index in [1.54, 1.807) is 36.9 Å². The number of alkyl halides is 1. The fourth-order valence-corrected chi connectivity index (χ4v) is 4.39. The molecule has 0 radical (unpaired) electrons. The van der Waals surface area contributed by atoms with E-state index in [1.807, 2.05) is 30.3 Å². The molecule has 2 atom stereocenters. The minimum atomic E-state index is -1.53. The Morgan fingerprint density at radius 1 is 1.14 bits per heavy atom. The van der Waals surface area contributed by atoms with Gasteiger partial charge in [-0.1, -0.05) is 55.8 Å². The number of para-hydroxylation sites is 1. The van der Waals surface area contributed by atoms with Crippen LogP contribution in [0.15, 0.2) is 48.5 Å². The topological polar surface area (TPSA) is 107 Å². The van der Waals surface area contributed by atoms with Crippen LogP contribution in [-0.4, -0.2) is 52.5 Å². The predicted molar refractivity (Wildman–Crippen MR) is 129 cm³/mol. The van der Waals surface area contributed by atoms with E-state index in [-0.39, 0.29) is 19.0 Å². The quantitative estimate of drug-likeness (QED) is 0.513. The van der Waals surface area contributed by atoms with Gasteiger partial charge in [-0.15, -0.1) is 0 Å². The molecule has 1 aliphatic rings. The van der Waals surface area contributed by atoms with E-state index in [0.29, 0.717) is 10.7 Å². The molecular weight excluding hydrogens is 477 g/mol. The zero-order valence-electron chi connectivity index (χ0n) is 19.4. The van der Waals surface area contributed by atoms with E-state index in [4.69, 9.17) is 16.7 Å². The standard InChI is InChI=1S/C25H27ClFN3O5/c1-15(2)23(24(34)28-19(11-22(32)33)21(31)12-27)30-14-17-7-3-4-9-20(17)29(25(30)35)13-16-6-5-8-18(26)10-16/h3-10,15,19,23H,11-14H2,1-2H3,(H,28,34)(H,32,33)/t19?,23-/m0/s1. The number of aliphatic carboxylic acids is 1. The van der Waals surface area contributed by atoms with Crippen molar-refractivity contribution in [2.24, 2.45) is 5.92 Å². The molecule has 8 nitrogen and oxygen atoms in total. The zero-order valence-corrected chi connectivity index (χ0v) is 20.2. The molecule has 2 aromatic carbocycles. The Hall–Kier alpha value is -3.46. The number of carboxylic acid groups (broad SMARTS) is 1. The Bertz CT molecular complexity index is 1130. The fourth-order valence-electron chi connectivity index (χ4n) is 4.18. The van der Waals surface area contributed by atoms with E-state index in [2.05, 4.69) is 5.32 Å². The Kier molecular flexibility index (Phi) is 8.45. The second-order valence-corrected chi connectivity index (χ2v) is 9.14. The largest absolute Gasteiger partial charge is 0.481 e. The molecule has 2 N–H and O–H groups in total. The van der Waals surface area contributed by atoms with Gasteiger partial charge in [0.05, 0.1) is 25.2 Å². The lowest BCUT2D eigenvalue weighted by molar-refractivity contribution is -0.140.